The van der Waals surface area contributed by atoms with Gasteiger partial charge in [0, 0.05) is 26.2 Å². The number of pyridine rings is 1. The Morgan fingerprint density at radius 3 is 2.64 bits per heavy atom. The summed E-state index contributed by atoms with van der Waals surface area (Å²) in [5, 5.41) is 4.17. The molecule has 1 saturated heterocycles. The molecule has 2 heterocycles. The SMILES string of the molecule is Clc1cc(N2CCNCC2)cnc1Cl. The molecule has 0 aromatic carbocycles. The molecular formula is C9H11Cl2N3. The van der Waals surface area contributed by atoms with Crippen LogP contribution in [0.1, 0.15) is 0 Å². The van der Waals surface area contributed by atoms with Gasteiger partial charge in [-0.25, -0.2) is 4.98 Å². The molecule has 0 atom stereocenters. The van der Waals surface area contributed by atoms with Gasteiger partial charge in [-0.2, -0.15) is 0 Å². The van der Waals surface area contributed by atoms with Crippen LogP contribution in [0.5, 0.6) is 0 Å². The predicted octanol–water partition coefficient (Wildman–Crippen LogP) is 1.80. The van der Waals surface area contributed by atoms with Crippen molar-refractivity contribution in [3.05, 3.63) is 22.4 Å². The first-order valence-electron chi connectivity index (χ1n) is 4.54. The highest BCUT2D eigenvalue weighted by Gasteiger charge is 2.11. The summed E-state index contributed by atoms with van der Waals surface area (Å²) in [4.78, 5) is 6.27. The van der Waals surface area contributed by atoms with E-state index in [4.69, 9.17) is 23.2 Å². The Kier molecular flexibility index (Phi) is 3.11. The van der Waals surface area contributed by atoms with Crippen molar-refractivity contribution in [3.63, 3.8) is 0 Å². The summed E-state index contributed by atoms with van der Waals surface area (Å²) in [6.07, 6.45) is 1.76. The van der Waals surface area contributed by atoms with E-state index in [0.29, 0.717) is 10.2 Å². The molecule has 0 spiro atoms. The third-order valence-electron chi connectivity index (χ3n) is 2.26. The molecule has 0 unspecified atom stereocenters. The normalized spacial score (nSPS) is 17.1. The first kappa shape index (κ1) is 10.0. The maximum atomic E-state index is 5.90. The molecule has 76 valence electrons. The topological polar surface area (TPSA) is 28.2 Å². The van der Waals surface area contributed by atoms with Gasteiger partial charge >= 0.3 is 0 Å². The van der Waals surface area contributed by atoms with Crippen LogP contribution in [-0.4, -0.2) is 31.2 Å². The van der Waals surface area contributed by atoms with Crippen molar-refractivity contribution >= 4 is 28.9 Å². The summed E-state index contributed by atoms with van der Waals surface area (Å²) in [5.41, 5.74) is 1.04. The minimum atomic E-state index is 0.366. The van der Waals surface area contributed by atoms with E-state index >= 15 is 0 Å². The average Bonchev–Trinajstić information content (AvgIpc) is 2.23. The molecule has 1 fully saturated rings. The number of halogens is 2. The number of anilines is 1. The second-order valence-electron chi connectivity index (χ2n) is 3.20. The van der Waals surface area contributed by atoms with Crippen molar-refractivity contribution in [2.24, 2.45) is 0 Å². The molecule has 5 heteroatoms. The van der Waals surface area contributed by atoms with E-state index in [1.54, 1.807) is 6.20 Å². The third-order valence-corrected chi connectivity index (χ3v) is 2.95. The van der Waals surface area contributed by atoms with Crippen molar-refractivity contribution in [1.29, 1.82) is 0 Å². The molecule has 0 amide bonds. The third kappa shape index (κ3) is 2.11. The van der Waals surface area contributed by atoms with E-state index < -0.39 is 0 Å². The lowest BCUT2D eigenvalue weighted by molar-refractivity contribution is 0.589. The maximum Gasteiger partial charge on any atom is 0.147 e. The fraction of sp³-hybridized carbons (Fsp3) is 0.444. The van der Waals surface area contributed by atoms with Crippen LogP contribution in [0, 0.1) is 0 Å². The summed E-state index contributed by atoms with van der Waals surface area (Å²) >= 11 is 11.6. The Labute approximate surface area is 93.0 Å². The Morgan fingerprint density at radius 2 is 2.00 bits per heavy atom. The second kappa shape index (κ2) is 4.34. The number of rotatable bonds is 1. The van der Waals surface area contributed by atoms with Gasteiger partial charge in [0.05, 0.1) is 16.9 Å². The van der Waals surface area contributed by atoms with Crippen LogP contribution in [0.25, 0.3) is 0 Å². The van der Waals surface area contributed by atoms with Gasteiger partial charge in [-0.1, -0.05) is 23.2 Å². The lowest BCUT2D eigenvalue weighted by atomic mass is 10.3. The monoisotopic (exact) mass is 231 g/mol. The molecule has 2 rings (SSSR count). The molecule has 1 aliphatic rings. The van der Waals surface area contributed by atoms with Crippen LogP contribution in [0.2, 0.25) is 10.2 Å². The molecule has 3 nitrogen and oxygen atoms in total. The van der Waals surface area contributed by atoms with Crippen molar-refractivity contribution in [2.45, 2.75) is 0 Å². The Hall–Kier alpha value is -0.510. The quantitative estimate of drug-likeness (QED) is 0.748. The molecule has 14 heavy (non-hydrogen) atoms. The predicted molar refractivity (Wildman–Crippen MR) is 59.3 cm³/mol. The Bertz CT molecular complexity index is 324. The fourth-order valence-corrected chi connectivity index (χ4v) is 1.77. The summed E-state index contributed by atoms with van der Waals surface area (Å²) in [7, 11) is 0. The summed E-state index contributed by atoms with van der Waals surface area (Å²) in [6.45, 7) is 3.97. The zero-order valence-corrected chi connectivity index (χ0v) is 9.15. The molecule has 0 bridgehead atoms. The van der Waals surface area contributed by atoms with Gasteiger partial charge in [-0.05, 0) is 6.07 Å². The molecule has 1 N–H and O–H groups in total. The molecule has 0 aliphatic carbocycles. The molecule has 1 aromatic rings. The minimum Gasteiger partial charge on any atom is -0.368 e. The lowest BCUT2D eigenvalue weighted by Crippen LogP contribution is -2.43. The Balaban J connectivity index is 2.18. The van der Waals surface area contributed by atoms with Gasteiger partial charge in [0.2, 0.25) is 0 Å². The standard InChI is InChI=1S/C9H11Cl2N3/c10-8-5-7(6-13-9(8)11)14-3-1-12-2-4-14/h5-6,12H,1-4H2. The van der Waals surface area contributed by atoms with E-state index in [1.807, 2.05) is 6.07 Å². The fourth-order valence-electron chi connectivity index (χ4n) is 1.51. The van der Waals surface area contributed by atoms with E-state index in [2.05, 4.69) is 15.2 Å². The van der Waals surface area contributed by atoms with Crippen molar-refractivity contribution in [2.75, 3.05) is 31.1 Å². The van der Waals surface area contributed by atoms with E-state index in [0.717, 1.165) is 31.9 Å². The number of hydrogen-bond donors (Lipinski definition) is 1. The molecular weight excluding hydrogens is 221 g/mol. The average molecular weight is 232 g/mol. The van der Waals surface area contributed by atoms with Crippen LogP contribution in [0.4, 0.5) is 5.69 Å². The maximum absolute atomic E-state index is 5.90. The first-order valence-corrected chi connectivity index (χ1v) is 5.29. The zero-order chi connectivity index (χ0) is 9.97. The summed E-state index contributed by atoms with van der Waals surface area (Å²) in [6, 6.07) is 1.86. The molecule has 0 radical (unpaired) electrons. The number of piperazine rings is 1. The highest BCUT2D eigenvalue weighted by molar-refractivity contribution is 6.41. The zero-order valence-electron chi connectivity index (χ0n) is 7.63. The van der Waals surface area contributed by atoms with Crippen molar-refractivity contribution < 1.29 is 0 Å². The minimum absolute atomic E-state index is 0.366. The van der Waals surface area contributed by atoms with Gasteiger partial charge in [0.15, 0.2) is 0 Å². The van der Waals surface area contributed by atoms with Crippen molar-refractivity contribution in [3.8, 4) is 0 Å². The molecule has 1 aromatic heterocycles. The number of hydrogen-bond acceptors (Lipinski definition) is 3. The summed E-state index contributed by atoms with van der Waals surface area (Å²) < 4.78 is 0. The van der Waals surface area contributed by atoms with Gasteiger partial charge in [0.1, 0.15) is 5.15 Å². The van der Waals surface area contributed by atoms with Crippen LogP contribution < -0.4 is 10.2 Å². The molecule has 1 aliphatic heterocycles. The first-order chi connectivity index (χ1) is 6.77. The van der Waals surface area contributed by atoms with E-state index in [1.165, 1.54) is 0 Å². The number of aromatic nitrogens is 1. The van der Waals surface area contributed by atoms with Gasteiger partial charge < -0.3 is 10.2 Å². The van der Waals surface area contributed by atoms with Gasteiger partial charge in [-0.15, -0.1) is 0 Å². The van der Waals surface area contributed by atoms with Gasteiger partial charge in [0.25, 0.3) is 0 Å². The van der Waals surface area contributed by atoms with Crippen LogP contribution in [0.3, 0.4) is 0 Å². The summed E-state index contributed by atoms with van der Waals surface area (Å²) in [5.74, 6) is 0. The van der Waals surface area contributed by atoms with Crippen LogP contribution >= 0.6 is 23.2 Å². The van der Waals surface area contributed by atoms with E-state index in [9.17, 15) is 0 Å². The number of nitrogens with one attached hydrogen (secondary N) is 1. The highest BCUT2D eigenvalue weighted by atomic mass is 35.5. The highest BCUT2D eigenvalue weighted by Crippen LogP contribution is 2.24. The Morgan fingerprint density at radius 1 is 1.29 bits per heavy atom. The second-order valence-corrected chi connectivity index (χ2v) is 3.97. The largest absolute Gasteiger partial charge is 0.368 e. The molecule has 0 saturated carbocycles. The number of nitrogens with zero attached hydrogens (tertiary/aromatic N) is 2. The van der Waals surface area contributed by atoms with Crippen molar-refractivity contribution in [1.82, 2.24) is 10.3 Å². The lowest BCUT2D eigenvalue weighted by Gasteiger charge is -2.29. The van der Waals surface area contributed by atoms with Gasteiger partial charge in [-0.3, -0.25) is 0 Å². The van der Waals surface area contributed by atoms with Crippen LogP contribution in [-0.2, 0) is 0 Å². The van der Waals surface area contributed by atoms with Crippen LogP contribution in [0.15, 0.2) is 12.3 Å². The smallest absolute Gasteiger partial charge is 0.147 e. The van der Waals surface area contributed by atoms with E-state index in [-0.39, 0.29) is 0 Å².